The van der Waals surface area contributed by atoms with Crippen molar-refractivity contribution in [1.82, 2.24) is 4.90 Å². The third-order valence-corrected chi connectivity index (χ3v) is 4.19. The van der Waals surface area contributed by atoms with Crippen LogP contribution in [0.2, 0.25) is 6.32 Å². The number of aryl methyl sites for hydroxylation is 1. The maximum Gasteiger partial charge on any atom is 0.522 e. The van der Waals surface area contributed by atoms with E-state index in [9.17, 15) is 19.7 Å². The fourth-order valence-corrected chi connectivity index (χ4v) is 2.93. The maximum atomic E-state index is 11.6. The number of likely N-dealkylation sites (tertiary alicyclic amines) is 1. The molecule has 2 heterocycles. The number of hydrogen-bond donors (Lipinski definition) is 3. The minimum atomic E-state index is -1.17. The first kappa shape index (κ1) is 16.6. The van der Waals surface area contributed by atoms with Gasteiger partial charge in [-0.1, -0.05) is 6.07 Å². The SMILES string of the molecule is O=C(O)CCN1CC(Oc2ccc3c(c2C(=O)O)OB(O)CC3)C1. The fourth-order valence-electron chi connectivity index (χ4n) is 2.93. The summed E-state index contributed by atoms with van der Waals surface area (Å²) in [7, 11) is -1.01. The van der Waals surface area contributed by atoms with E-state index in [4.69, 9.17) is 14.5 Å². The molecule has 9 heteroatoms. The van der Waals surface area contributed by atoms with Crippen molar-refractivity contribution in [3.63, 3.8) is 0 Å². The van der Waals surface area contributed by atoms with Crippen LogP contribution in [-0.4, -0.2) is 64.9 Å². The number of rotatable bonds is 6. The van der Waals surface area contributed by atoms with Crippen LogP contribution < -0.4 is 9.39 Å². The number of aromatic carboxylic acids is 1. The lowest BCUT2D eigenvalue weighted by Crippen LogP contribution is -2.54. The lowest BCUT2D eigenvalue weighted by atomic mass is 9.78. The van der Waals surface area contributed by atoms with E-state index < -0.39 is 19.1 Å². The van der Waals surface area contributed by atoms with Gasteiger partial charge in [-0.2, -0.15) is 0 Å². The highest BCUT2D eigenvalue weighted by atomic mass is 16.5. The summed E-state index contributed by atoms with van der Waals surface area (Å²) < 4.78 is 11.1. The van der Waals surface area contributed by atoms with Crippen LogP contribution in [0.1, 0.15) is 22.3 Å². The minimum absolute atomic E-state index is 0.0671. The van der Waals surface area contributed by atoms with Crippen molar-refractivity contribution in [2.45, 2.75) is 25.3 Å². The molecule has 1 saturated heterocycles. The van der Waals surface area contributed by atoms with Gasteiger partial charge in [0.05, 0.1) is 6.42 Å². The number of nitrogens with zero attached hydrogens (tertiary/aromatic N) is 1. The first-order valence-electron chi connectivity index (χ1n) is 7.78. The Morgan fingerprint density at radius 3 is 2.75 bits per heavy atom. The van der Waals surface area contributed by atoms with Crippen molar-refractivity contribution < 1.29 is 34.2 Å². The molecule has 2 aliphatic rings. The zero-order valence-corrected chi connectivity index (χ0v) is 13.0. The van der Waals surface area contributed by atoms with Crippen LogP contribution in [0, 0.1) is 0 Å². The van der Waals surface area contributed by atoms with Gasteiger partial charge in [-0.05, 0) is 24.4 Å². The quantitative estimate of drug-likeness (QED) is 0.637. The molecule has 0 saturated carbocycles. The number of carboxylic acids is 2. The van der Waals surface area contributed by atoms with E-state index in [1.54, 1.807) is 12.1 Å². The smallest absolute Gasteiger partial charge is 0.522 e. The molecule has 0 atom stereocenters. The van der Waals surface area contributed by atoms with E-state index in [2.05, 4.69) is 0 Å². The van der Waals surface area contributed by atoms with Gasteiger partial charge < -0.3 is 24.6 Å². The van der Waals surface area contributed by atoms with Gasteiger partial charge in [-0.15, -0.1) is 0 Å². The van der Waals surface area contributed by atoms with E-state index in [0.29, 0.717) is 32.4 Å². The van der Waals surface area contributed by atoms with Gasteiger partial charge >= 0.3 is 19.1 Å². The largest absolute Gasteiger partial charge is 0.535 e. The zero-order chi connectivity index (χ0) is 17.3. The molecule has 0 aliphatic carbocycles. The van der Waals surface area contributed by atoms with Crippen LogP contribution in [0.25, 0.3) is 0 Å². The van der Waals surface area contributed by atoms with E-state index in [-0.39, 0.29) is 29.6 Å². The number of benzene rings is 1. The Bertz CT molecular complexity index is 659. The third-order valence-electron chi connectivity index (χ3n) is 4.19. The normalized spacial score (nSPS) is 17.6. The Labute approximate surface area is 138 Å². The summed E-state index contributed by atoms with van der Waals surface area (Å²) in [6.07, 6.45) is 0.845. The molecule has 0 spiro atoms. The molecule has 128 valence electrons. The molecular weight excluding hydrogens is 317 g/mol. The van der Waals surface area contributed by atoms with Crippen LogP contribution in [0.3, 0.4) is 0 Å². The summed E-state index contributed by atoms with van der Waals surface area (Å²) in [6, 6.07) is 3.37. The topological polar surface area (TPSA) is 117 Å². The second-order valence-electron chi connectivity index (χ2n) is 5.99. The fraction of sp³-hybridized carbons (Fsp3) is 0.467. The molecule has 0 bridgehead atoms. The average Bonchev–Trinajstić information content (AvgIpc) is 2.48. The van der Waals surface area contributed by atoms with Gasteiger partial charge in [0.1, 0.15) is 23.2 Å². The molecule has 1 fully saturated rings. The summed E-state index contributed by atoms with van der Waals surface area (Å²) >= 11 is 0. The summed E-state index contributed by atoms with van der Waals surface area (Å²) in [5.41, 5.74) is 0.664. The second-order valence-corrected chi connectivity index (χ2v) is 5.99. The molecule has 3 rings (SSSR count). The van der Waals surface area contributed by atoms with E-state index in [1.807, 2.05) is 4.90 Å². The number of fused-ring (bicyclic) bond motifs is 1. The summed E-state index contributed by atoms with van der Waals surface area (Å²) in [5.74, 6) is -1.64. The number of aliphatic carboxylic acids is 1. The van der Waals surface area contributed by atoms with Crippen molar-refractivity contribution in [3.8, 4) is 11.5 Å². The first-order valence-corrected chi connectivity index (χ1v) is 7.78. The Morgan fingerprint density at radius 1 is 1.33 bits per heavy atom. The lowest BCUT2D eigenvalue weighted by Gasteiger charge is -2.39. The van der Waals surface area contributed by atoms with Gasteiger partial charge in [0.25, 0.3) is 0 Å². The maximum absolute atomic E-state index is 11.6. The molecule has 0 aromatic heterocycles. The molecule has 1 aromatic carbocycles. The zero-order valence-electron chi connectivity index (χ0n) is 13.0. The minimum Gasteiger partial charge on any atom is -0.535 e. The summed E-state index contributed by atoms with van der Waals surface area (Å²) in [5, 5.41) is 27.8. The predicted molar refractivity (Wildman–Crippen MR) is 83.6 cm³/mol. The van der Waals surface area contributed by atoms with Crippen LogP contribution in [0.15, 0.2) is 12.1 Å². The molecule has 0 amide bonds. The van der Waals surface area contributed by atoms with E-state index in [1.165, 1.54) is 0 Å². The predicted octanol–water partition coefficient (Wildman–Crippen LogP) is 0.338. The standard InChI is InChI=1S/C15H18BNO7/c18-12(19)4-6-17-7-10(8-17)23-11-2-1-9-3-5-16(22)24-14(9)13(11)15(20)21/h1-2,10,22H,3-8H2,(H,18,19)(H,20,21). The van der Waals surface area contributed by atoms with Crippen molar-refractivity contribution in [2.24, 2.45) is 0 Å². The van der Waals surface area contributed by atoms with E-state index >= 15 is 0 Å². The Kier molecular flexibility index (Phi) is 4.63. The van der Waals surface area contributed by atoms with Crippen molar-refractivity contribution in [3.05, 3.63) is 23.3 Å². The highest BCUT2D eigenvalue weighted by molar-refractivity contribution is 6.44. The third kappa shape index (κ3) is 3.47. The molecule has 8 nitrogen and oxygen atoms in total. The van der Waals surface area contributed by atoms with Gasteiger partial charge in [0.2, 0.25) is 0 Å². The number of carbonyl (C=O) groups is 2. The second kappa shape index (κ2) is 6.70. The van der Waals surface area contributed by atoms with Crippen LogP contribution >= 0.6 is 0 Å². The molecule has 0 radical (unpaired) electrons. The number of carboxylic acid groups (broad SMARTS) is 2. The van der Waals surface area contributed by atoms with Crippen molar-refractivity contribution in [1.29, 1.82) is 0 Å². The van der Waals surface area contributed by atoms with Gasteiger partial charge in [0, 0.05) is 19.6 Å². The molecule has 0 unspecified atom stereocenters. The van der Waals surface area contributed by atoms with Crippen molar-refractivity contribution >= 4 is 19.1 Å². The highest BCUT2D eigenvalue weighted by Gasteiger charge is 2.33. The Morgan fingerprint density at radius 2 is 2.08 bits per heavy atom. The van der Waals surface area contributed by atoms with Crippen molar-refractivity contribution in [2.75, 3.05) is 19.6 Å². The van der Waals surface area contributed by atoms with Crippen LogP contribution in [0.4, 0.5) is 0 Å². The highest BCUT2D eigenvalue weighted by Crippen LogP contribution is 2.37. The van der Waals surface area contributed by atoms with Gasteiger partial charge in [-0.25, -0.2) is 4.79 Å². The molecule has 24 heavy (non-hydrogen) atoms. The Hall–Kier alpha value is -2.26. The summed E-state index contributed by atoms with van der Waals surface area (Å²) in [6.45, 7) is 1.54. The van der Waals surface area contributed by atoms with E-state index in [0.717, 1.165) is 5.56 Å². The molecule has 2 aliphatic heterocycles. The number of hydrogen-bond acceptors (Lipinski definition) is 6. The summed E-state index contributed by atoms with van der Waals surface area (Å²) in [4.78, 5) is 24.1. The van der Waals surface area contributed by atoms with Gasteiger partial charge in [0.15, 0.2) is 0 Å². The van der Waals surface area contributed by atoms with Crippen LogP contribution in [-0.2, 0) is 11.2 Å². The van der Waals surface area contributed by atoms with Crippen LogP contribution in [0.5, 0.6) is 11.5 Å². The average molecular weight is 335 g/mol. The van der Waals surface area contributed by atoms with Gasteiger partial charge in [-0.3, -0.25) is 9.69 Å². The monoisotopic (exact) mass is 335 g/mol. The first-order chi connectivity index (χ1) is 11.4. The number of ether oxygens (including phenoxy) is 1. The molecule has 3 N–H and O–H groups in total. The Balaban J connectivity index is 1.69. The lowest BCUT2D eigenvalue weighted by molar-refractivity contribution is -0.138. The molecule has 1 aromatic rings. The molecular formula is C15H18BNO7.